The quantitative estimate of drug-likeness (QED) is 0.556. The summed E-state index contributed by atoms with van der Waals surface area (Å²) < 4.78 is 56.5. The molecule has 3 rings (SSSR count). The number of ether oxygens (including phenoxy) is 1. The molecule has 0 saturated carbocycles. The van der Waals surface area contributed by atoms with Crippen LogP contribution in [0.25, 0.3) is 11.3 Å². The topological polar surface area (TPSA) is 102 Å². The minimum atomic E-state index is -5.07. The lowest BCUT2D eigenvalue weighted by atomic mass is 9.91. The minimum Gasteiger partial charge on any atom is -0.403 e. The summed E-state index contributed by atoms with van der Waals surface area (Å²) in [6, 6.07) is 1.45. The van der Waals surface area contributed by atoms with Crippen molar-refractivity contribution in [2.24, 2.45) is 7.05 Å². The number of aliphatic hydroxyl groups is 1. The first-order valence-corrected chi connectivity index (χ1v) is 9.23. The van der Waals surface area contributed by atoms with E-state index in [4.69, 9.17) is 0 Å². The zero-order chi connectivity index (χ0) is 23.7. The number of hydrogen-bond acceptors (Lipinski definition) is 6. The van der Waals surface area contributed by atoms with Crippen LogP contribution in [0, 0.1) is 5.82 Å². The summed E-state index contributed by atoms with van der Waals surface area (Å²) in [4.78, 5) is 21.0. The highest BCUT2D eigenvalue weighted by atomic mass is 19.4. The number of aryl methyl sites for hydroxylation is 1. The molecule has 0 aliphatic carbocycles. The minimum absolute atomic E-state index is 0.0225. The highest BCUT2D eigenvalue weighted by molar-refractivity contribution is 5.92. The molecule has 32 heavy (non-hydrogen) atoms. The van der Waals surface area contributed by atoms with E-state index in [1.807, 2.05) is 0 Å². The summed E-state index contributed by atoms with van der Waals surface area (Å²) in [6.07, 6.45) is 0.801. The second-order valence-electron chi connectivity index (χ2n) is 7.49. The number of amides is 1. The van der Waals surface area contributed by atoms with Crippen molar-refractivity contribution in [3.8, 4) is 17.0 Å². The molecule has 0 aliphatic rings. The molecule has 12 heteroatoms. The number of nitrogens with one attached hydrogen (secondary N) is 1. The number of nitrogens with zero attached hydrogens (tertiary/aromatic N) is 4. The maximum Gasteiger partial charge on any atom is 0.573 e. The molecule has 1 aromatic carbocycles. The average molecular weight is 453 g/mol. The van der Waals surface area contributed by atoms with Crippen molar-refractivity contribution in [2.75, 3.05) is 0 Å². The highest BCUT2D eigenvalue weighted by Gasteiger charge is 2.34. The van der Waals surface area contributed by atoms with Crippen LogP contribution in [-0.2, 0) is 7.05 Å². The van der Waals surface area contributed by atoms with E-state index in [0.29, 0.717) is 11.3 Å². The summed E-state index contributed by atoms with van der Waals surface area (Å²) in [5.74, 6) is -3.06. The molecule has 8 nitrogen and oxygen atoms in total. The van der Waals surface area contributed by atoms with Gasteiger partial charge in [0.2, 0.25) is 0 Å². The lowest BCUT2D eigenvalue weighted by Gasteiger charge is -2.30. The molecule has 0 radical (unpaired) electrons. The van der Waals surface area contributed by atoms with Crippen molar-refractivity contribution in [1.82, 2.24) is 25.1 Å². The molecule has 2 heterocycles. The zero-order valence-electron chi connectivity index (χ0n) is 17.2. The van der Waals surface area contributed by atoms with E-state index in [0.717, 1.165) is 18.2 Å². The Kier molecular flexibility index (Phi) is 6.17. The largest absolute Gasteiger partial charge is 0.573 e. The van der Waals surface area contributed by atoms with E-state index >= 15 is 0 Å². The van der Waals surface area contributed by atoms with Crippen molar-refractivity contribution in [2.45, 2.75) is 31.9 Å². The van der Waals surface area contributed by atoms with Crippen molar-refractivity contribution in [3.63, 3.8) is 0 Å². The van der Waals surface area contributed by atoms with Crippen molar-refractivity contribution < 1.29 is 32.2 Å². The van der Waals surface area contributed by atoms with Gasteiger partial charge < -0.3 is 15.2 Å². The number of carbonyl (C=O) groups excluding carboxylic acids is 1. The molecule has 170 valence electrons. The molecule has 0 saturated heterocycles. The van der Waals surface area contributed by atoms with E-state index in [9.17, 15) is 27.5 Å². The Balaban J connectivity index is 1.87. The summed E-state index contributed by atoms with van der Waals surface area (Å²) in [5, 5.41) is 17.1. The number of aromatic nitrogens is 4. The maximum atomic E-state index is 14.2. The number of benzene rings is 1. The Morgan fingerprint density at radius 2 is 1.94 bits per heavy atom. The van der Waals surface area contributed by atoms with Crippen LogP contribution in [0.1, 0.15) is 35.9 Å². The van der Waals surface area contributed by atoms with Crippen LogP contribution in [0.5, 0.6) is 5.75 Å². The third-order valence-corrected chi connectivity index (χ3v) is 4.36. The molecule has 3 aromatic rings. The van der Waals surface area contributed by atoms with Gasteiger partial charge in [-0.2, -0.15) is 5.10 Å². The lowest BCUT2D eigenvalue weighted by Crippen LogP contribution is -2.42. The van der Waals surface area contributed by atoms with Gasteiger partial charge in [-0.05, 0) is 31.5 Å². The third-order valence-electron chi connectivity index (χ3n) is 4.36. The van der Waals surface area contributed by atoms with Gasteiger partial charge in [-0.3, -0.25) is 14.5 Å². The number of hydrogen-bond donors (Lipinski definition) is 2. The number of rotatable bonds is 6. The zero-order valence-corrected chi connectivity index (χ0v) is 17.2. The Labute approximate surface area is 179 Å². The molecule has 1 atom stereocenters. The molecular weight excluding hydrogens is 434 g/mol. The smallest absolute Gasteiger partial charge is 0.403 e. The van der Waals surface area contributed by atoms with E-state index in [1.54, 1.807) is 24.1 Å². The van der Waals surface area contributed by atoms with Gasteiger partial charge in [0.05, 0.1) is 35.9 Å². The van der Waals surface area contributed by atoms with Gasteiger partial charge in [0.1, 0.15) is 5.69 Å². The van der Waals surface area contributed by atoms with Crippen LogP contribution < -0.4 is 10.1 Å². The molecule has 0 fully saturated rings. The van der Waals surface area contributed by atoms with E-state index < -0.39 is 35.5 Å². The van der Waals surface area contributed by atoms with Gasteiger partial charge in [0.15, 0.2) is 11.6 Å². The number of alkyl halides is 3. The third kappa shape index (κ3) is 5.58. The average Bonchev–Trinajstić information content (AvgIpc) is 3.12. The normalized spacial score (nSPS) is 13.0. The summed E-state index contributed by atoms with van der Waals surface area (Å²) in [7, 11) is 1.71. The van der Waals surface area contributed by atoms with Crippen molar-refractivity contribution >= 4 is 5.91 Å². The Bertz CT molecular complexity index is 1120. The van der Waals surface area contributed by atoms with Crippen molar-refractivity contribution in [1.29, 1.82) is 0 Å². The van der Waals surface area contributed by atoms with Gasteiger partial charge >= 0.3 is 6.36 Å². The first kappa shape index (κ1) is 23.1. The van der Waals surface area contributed by atoms with Crippen LogP contribution >= 0.6 is 0 Å². The summed E-state index contributed by atoms with van der Waals surface area (Å²) in [5.41, 5.74) is -0.670. The first-order valence-electron chi connectivity index (χ1n) is 9.23. The van der Waals surface area contributed by atoms with Crippen molar-refractivity contribution in [3.05, 3.63) is 60.1 Å². The van der Waals surface area contributed by atoms with Gasteiger partial charge in [-0.25, -0.2) is 9.37 Å². The number of halogens is 4. The van der Waals surface area contributed by atoms with Crippen LogP contribution in [0.2, 0.25) is 0 Å². The summed E-state index contributed by atoms with van der Waals surface area (Å²) >= 11 is 0. The predicted molar refractivity (Wildman–Crippen MR) is 104 cm³/mol. The van der Waals surface area contributed by atoms with Crippen LogP contribution in [0.3, 0.4) is 0 Å². The van der Waals surface area contributed by atoms with Gasteiger partial charge in [0, 0.05) is 18.8 Å². The fourth-order valence-corrected chi connectivity index (χ4v) is 2.94. The lowest BCUT2D eigenvalue weighted by molar-refractivity contribution is -0.275. The monoisotopic (exact) mass is 453 g/mol. The molecule has 2 aromatic heterocycles. The fraction of sp³-hybridized carbons (Fsp3) is 0.300. The number of carbonyl (C=O) groups is 1. The van der Waals surface area contributed by atoms with Gasteiger partial charge in [-0.15, -0.1) is 13.2 Å². The molecule has 2 N–H and O–H groups in total. The molecular formula is C20H19F4N5O3. The van der Waals surface area contributed by atoms with E-state index in [2.05, 4.69) is 25.1 Å². The van der Waals surface area contributed by atoms with E-state index in [1.165, 1.54) is 26.2 Å². The fourth-order valence-electron chi connectivity index (χ4n) is 2.94. The SMILES string of the molecule is Cn1cc(-c2cncc(C(=O)N[C@@H](c3ccc(OC(F)(F)F)c(F)c3)C(C)(C)O)n2)cn1. The predicted octanol–water partition coefficient (Wildman–Crippen LogP) is 3.16. The molecule has 0 unspecified atom stereocenters. The standard InChI is InChI=1S/C20H19F4N5O3/c1-19(2,31)17(11-4-5-16(13(21)6-11)32-20(22,23)24)28-18(30)15-9-25-8-14(27-15)12-7-26-29(3)10-12/h4-10,17,31H,1-3H3,(H,28,30)/t17-/m0/s1. The Hall–Kier alpha value is -3.54. The van der Waals surface area contributed by atoms with Crippen LogP contribution in [-0.4, -0.2) is 42.7 Å². The Morgan fingerprint density at radius 1 is 1.22 bits per heavy atom. The van der Waals surface area contributed by atoms with Gasteiger partial charge in [-0.1, -0.05) is 6.07 Å². The van der Waals surface area contributed by atoms with Crippen LogP contribution in [0.4, 0.5) is 17.6 Å². The van der Waals surface area contributed by atoms with E-state index in [-0.39, 0.29) is 11.3 Å². The summed E-state index contributed by atoms with van der Waals surface area (Å²) in [6.45, 7) is 2.71. The molecule has 0 aliphatic heterocycles. The second-order valence-corrected chi connectivity index (χ2v) is 7.49. The second kappa shape index (κ2) is 8.54. The molecule has 0 bridgehead atoms. The van der Waals surface area contributed by atoms with Gasteiger partial charge in [0.25, 0.3) is 5.91 Å². The first-order chi connectivity index (χ1) is 14.8. The molecule has 1 amide bonds. The Morgan fingerprint density at radius 3 is 2.50 bits per heavy atom. The maximum absolute atomic E-state index is 14.2. The van der Waals surface area contributed by atoms with Crippen LogP contribution in [0.15, 0.2) is 43.0 Å². The molecule has 0 spiro atoms. The highest BCUT2D eigenvalue weighted by Crippen LogP contribution is 2.31.